The number of aromatic carboxylic acids is 1. The van der Waals surface area contributed by atoms with Crippen molar-refractivity contribution in [3.63, 3.8) is 0 Å². The van der Waals surface area contributed by atoms with Crippen molar-refractivity contribution < 1.29 is 19.4 Å². The molecule has 0 radical (unpaired) electrons. The maximum Gasteiger partial charge on any atom is 0.339 e. The minimum absolute atomic E-state index is 0.0291. The molecule has 0 aliphatic rings. The predicted molar refractivity (Wildman–Crippen MR) is 63.1 cm³/mol. The average Bonchev–Trinajstić information content (AvgIpc) is 2.81. The van der Waals surface area contributed by atoms with Gasteiger partial charge in [-0.2, -0.15) is 4.80 Å². The summed E-state index contributed by atoms with van der Waals surface area (Å²) in [4.78, 5) is 12.4. The number of hydrogen-bond donors (Lipinski definition) is 1. The van der Waals surface area contributed by atoms with Crippen molar-refractivity contribution >= 4 is 5.97 Å². The summed E-state index contributed by atoms with van der Waals surface area (Å²) in [6.45, 7) is 0.0291. The number of hydrogen-bond acceptors (Lipinski definition) is 6. The molecule has 0 amide bonds. The van der Waals surface area contributed by atoms with Crippen LogP contribution in [0.5, 0.6) is 11.5 Å². The van der Waals surface area contributed by atoms with Crippen molar-refractivity contribution in [3.05, 3.63) is 29.6 Å². The van der Waals surface area contributed by atoms with Gasteiger partial charge in [-0.1, -0.05) is 0 Å². The monoisotopic (exact) mass is 264 g/mol. The van der Waals surface area contributed by atoms with Crippen molar-refractivity contribution in [2.45, 2.75) is 6.61 Å². The third kappa shape index (κ3) is 2.97. The Bertz CT molecular complexity index is 596. The van der Waals surface area contributed by atoms with Gasteiger partial charge in [0.15, 0.2) is 6.61 Å². The van der Waals surface area contributed by atoms with Crippen molar-refractivity contribution in [1.29, 1.82) is 0 Å². The Morgan fingerprint density at radius 1 is 1.47 bits per heavy atom. The van der Waals surface area contributed by atoms with E-state index in [1.54, 1.807) is 13.1 Å². The summed E-state index contributed by atoms with van der Waals surface area (Å²) in [6.07, 6.45) is 0. The van der Waals surface area contributed by atoms with Crippen LogP contribution in [-0.2, 0) is 13.7 Å². The molecule has 1 aromatic heterocycles. The van der Waals surface area contributed by atoms with E-state index in [0.717, 1.165) is 0 Å². The lowest BCUT2D eigenvalue weighted by Crippen LogP contribution is -2.05. The molecule has 0 aliphatic heterocycles. The van der Waals surface area contributed by atoms with Crippen molar-refractivity contribution in [1.82, 2.24) is 20.2 Å². The highest BCUT2D eigenvalue weighted by Gasteiger charge is 2.13. The fraction of sp³-hybridized carbons (Fsp3) is 0.273. The molecule has 8 nitrogen and oxygen atoms in total. The summed E-state index contributed by atoms with van der Waals surface area (Å²) < 4.78 is 10.4. The first-order chi connectivity index (χ1) is 9.10. The van der Waals surface area contributed by atoms with Crippen molar-refractivity contribution in [2.75, 3.05) is 7.11 Å². The van der Waals surface area contributed by atoms with Crippen LogP contribution in [0, 0.1) is 0 Å². The number of carboxylic acids is 1. The lowest BCUT2D eigenvalue weighted by atomic mass is 10.2. The van der Waals surface area contributed by atoms with Gasteiger partial charge in [0.25, 0.3) is 0 Å². The molecule has 0 unspecified atom stereocenters. The molecule has 19 heavy (non-hydrogen) atoms. The minimum atomic E-state index is -1.08. The van der Waals surface area contributed by atoms with Crippen LogP contribution < -0.4 is 9.47 Å². The van der Waals surface area contributed by atoms with Gasteiger partial charge < -0.3 is 14.6 Å². The molecule has 0 atom stereocenters. The van der Waals surface area contributed by atoms with E-state index in [2.05, 4.69) is 15.4 Å². The van der Waals surface area contributed by atoms with E-state index in [1.165, 1.54) is 24.0 Å². The Kier molecular flexibility index (Phi) is 3.60. The minimum Gasteiger partial charge on any atom is -0.497 e. The molecule has 100 valence electrons. The molecule has 0 bridgehead atoms. The first kappa shape index (κ1) is 12.8. The number of methoxy groups -OCH3 is 1. The van der Waals surface area contributed by atoms with Gasteiger partial charge in [-0.05, 0) is 17.3 Å². The van der Waals surface area contributed by atoms with Crippen LogP contribution in [-0.4, -0.2) is 38.4 Å². The highest BCUT2D eigenvalue weighted by Crippen LogP contribution is 2.25. The second kappa shape index (κ2) is 5.34. The summed E-state index contributed by atoms with van der Waals surface area (Å²) in [7, 11) is 3.12. The fourth-order valence-corrected chi connectivity index (χ4v) is 1.45. The van der Waals surface area contributed by atoms with Gasteiger partial charge in [-0.15, -0.1) is 10.2 Å². The van der Waals surface area contributed by atoms with E-state index in [1.807, 2.05) is 0 Å². The molecule has 1 heterocycles. The lowest BCUT2D eigenvalue weighted by molar-refractivity contribution is 0.0691. The Hall–Kier alpha value is -2.64. The van der Waals surface area contributed by atoms with Crippen LogP contribution in [0.3, 0.4) is 0 Å². The number of carboxylic acid groups (broad SMARTS) is 1. The van der Waals surface area contributed by atoms with Crippen LogP contribution >= 0.6 is 0 Å². The third-order valence-corrected chi connectivity index (χ3v) is 2.33. The first-order valence-corrected chi connectivity index (χ1v) is 5.37. The Balaban J connectivity index is 2.19. The average molecular weight is 264 g/mol. The summed E-state index contributed by atoms with van der Waals surface area (Å²) in [5, 5.41) is 20.4. The number of ether oxygens (including phenoxy) is 2. The number of rotatable bonds is 5. The molecule has 0 saturated heterocycles. The van der Waals surface area contributed by atoms with Gasteiger partial charge in [0.05, 0.1) is 14.2 Å². The first-order valence-electron chi connectivity index (χ1n) is 5.37. The molecular formula is C11H12N4O4. The maximum atomic E-state index is 11.1. The van der Waals surface area contributed by atoms with E-state index in [-0.39, 0.29) is 17.9 Å². The van der Waals surface area contributed by atoms with Gasteiger partial charge in [-0.3, -0.25) is 0 Å². The molecule has 1 N–H and O–H groups in total. The second-order valence-electron chi connectivity index (χ2n) is 3.65. The summed E-state index contributed by atoms with van der Waals surface area (Å²) in [6, 6.07) is 4.47. The third-order valence-electron chi connectivity index (χ3n) is 2.33. The van der Waals surface area contributed by atoms with Crippen LogP contribution in [0.2, 0.25) is 0 Å². The van der Waals surface area contributed by atoms with E-state index in [4.69, 9.17) is 14.6 Å². The predicted octanol–water partition coefficient (Wildman–Crippen LogP) is 0.496. The maximum absolute atomic E-state index is 11.1. The summed E-state index contributed by atoms with van der Waals surface area (Å²) >= 11 is 0. The molecule has 0 spiro atoms. The molecule has 2 aromatic rings. The van der Waals surface area contributed by atoms with E-state index in [0.29, 0.717) is 11.6 Å². The summed E-state index contributed by atoms with van der Waals surface area (Å²) in [5.74, 6) is -0.0159. The molecule has 0 fully saturated rings. The van der Waals surface area contributed by atoms with Crippen molar-refractivity contribution in [2.24, 2.45) is 7.05 Å². The van der Waals surface area contributed by atoms with Crippen LogP contribution in [0.25, 0.3) is 0 Å². The zero-order chi connectivity index (χ0) is 13.8. The van der Waals surface area contributed by atoms with Gasteiger partial charge in [0.2, 0.25) is 5.82 Å². The zero-order valence-corrected chi connectivity index (χ0v) is 10.4. The fourth-order valence-electron chi connectivity index (χ4n) is 1.45. The quantitative estimate of drug-likeness (QED) is 0.839. The molecule has 8 heteroatoms. The molecule has 1 aromatic carbocycles. The van der Waals surface area contributed by atoms with Crippen LogP contribution in [0.1, 0.15) is 16.2 Å². The number of tetrazole rings is 1. The van der Waals surface area contributed by atoms with E-state index >= 15 is 0 Å². The summed E-state index contributed by atoms with van der Waals surface area (Å²) in [5.41, 5.74) is 0.0460. The highest BCUT2D eigenvalue weighted by molar-refractivity contribution is 5.91. The number of carbonyl (C=O) groups is 1. The van der Waals surface area contributed by atoms with Crippen LogP contribution in [0.4, 0.5) is 0 Å². The van der Waals surface area contributed by atoms with E-state index < -0.39 is 5.97 Å². The van der Waals surface area contributed by atoms with Crippen LogP contribution in [0.15, 0.2) is 18.2 Å². The van der Waals surface area contributed by atoms with E-state index in [9.17, 15) is 4.79 Å². The Morgan fingerprint density at radius 2 is 2.26 bits per heavy atom. The van der Waals surface area contributed by atoms with Gasteiger partial charge in [-0.25, -0.2) is 4.79 Å². The zero-order valence-electron chi connectivity index (χ0n) is 10.4. The highest BCUT2D eigenvalue weighted by atomic mass is 16.5. The SMILES string of the molecule is COc1ccc(C(=O)O)c(OCc2nnn(C)n2)c1. The normalized spacial score (nSPS) is 10.2. The standard InChI is InChI=1S/C11H12N4O4/c1-15-13-10(12-14-15)6-19-9-5-7(18-2)3-4-8(9)11(16)17/h3-5H,6H2,1-2H3,(H,16,17). The largest absolute Gasteiger partial charge is 0.497 e. The molecule has 0 saturated carbocycles. The van der Waals surface area contributed by atoms with Gasteiger partial charge >= 0.3 is 5.97 Å². The number of aromatic nitrogens is 4. The number of nitrogens with zero attached hydrogens (tertiary/aromatic N) is 4. The molecular weight excluding hydrogens is 252 g/mol. The second-order valence-corrected chi connectivity index (χ2v) is 3.65. The number of benzene rings is 1. The Morgan fingerprint density at radius 3 is 2.84 bits per heavy atom. The lowest BCUT2D eigenvalue weighted by Gasteiger charge is -2.09. The topological polar surface area (TPSA) is 99.4 Å². The van der Waals surface area contributed by atoms with Gasteiger partial charge in [0, 0.05) is 6.07 Å². The molecule has 0 aliphatic carbocycles. The van der Waals surface area contributed by atoms with Gasteiger partial charge in [0.1, 0.15) is 17.1 Å². The molecule has 2 rings (SSSR count). The number of aryl methyl sites for hydroxylation is 1. The smallest absolute Gasteiger partial charge is 0.339 e. The Labute approximate surface area is 108 Å². The van der Waals surface area contributed by atoms with Crippen molar-refractivity contribution in [3.8, 4) is 11.5 Å².